The lowest BCUT2D eigenvalue weighted by molar-refractivity contribution is 0.0691. The molecule has 2 rings (SSSR count). The second-order valence-electron chi connectivity index (χ2n) is 3.79. The van der Waals surface area contributed by atoms with Crippen LogP contribution in [0.15, 0.2) is 30.5 Å². The van der Waals surface area contributed by atoms with Crippen LogP contribution in [0, 0.1) is 5.82 Å². The lowest BCUT2D eigenvalue weighted by Gasteiger charge is -2.06. The highest BCUT2D eigenvalue weighted by molar-refractivity contribution is 6.03. The summed E-state index contributed by atoms with van der Waals surface area (Å²) in [6, 6.07) is 4.85. The topological polar surface area (TPSA) is 84.2 Å². The largest absolute Gasteiger partial charge is 0.478 e. The zero-order chi connectivity index (χ0) is 14.0. The third-order valence-corrected chi connectivity index (χ3v) is 2.51. The summed E-state index contributed by atoms with van der Waals surface area (Å²) in [4.78, 5) is 22.6. The Hall–Kier alpha value is -2.70. The Morgan fingerprint density at radius 3 is 2.68 bits per heavy atom. The van der Waals surface area contributed by atoms with Crippen LogP contribution >= 0.6 is 0 Å². The van der Waals surface area contributed by atoms with E-state index in [0.29, 0.717) is 5.69 Å². The van der Waals surface area contributed by atoms with Crippen LogP contribution < -0.4 is 5.32 Å². The molecule has 0 aliphatic heterocycles. The third kappa shape index (κ3) is 2.59. The second-order valence-corrected chi connectivity index (χ2v) is 3.79. The lowest BCUT2D eigenvalue weighted by Crippen LogP contribution is -2.16. The summed E-state index contributed by atoms with van der Waals surface area (Å²) in [6.07, 6.45) is 1.46. The molecular weight excluding hydrogens is 253 g/mol. The minimum absolute atomic E-state index is 0.199. The molecule has 1 aromatic carbocycles. The number of carbonyl (C=O) groups excluding carboxylic acids is 1. The van der Waals surface area contributed by atoms with Crippen molar-refractivity contribution in [2.24, 2.45) is 7.05 Å². The number of hydrogen-bond donors (Lipinski definition) is 2. The van der Waals surface area contributed by atoms with Gasteiger partial charge in [0.2, 0.25) is 0 Å². The molecule has 0 atom stereocenters. The number of amides is 1. The van der Waals surface area contributed by atoms with E-state index in [1.54, 1.807) is 7.05 Å². The van der Waals surface area contributed by atoms with Gasteiger partial charge in [-0.3, -0.25) is 9.48 Å². The Bertz CT molecular complexity index is 651. The minimum atomic E-state index is -1.39. The van der Waals surface area contributed by atoms with E-state index in [-0.39, 0.29) is 5.69 Å². The van der Waals surface area contributed by atoms with E-state index >= 15 is 0 Å². The first-order valence-electron chi connectivity index (χ1n) is 5.31. The normalized spacial score (nSPS) is 10.2. The zero-order valence-corrected chi connectivity index (χ0v) is 9.92. The Labute approximate surface area is 107 Å². The van der Waals surface area contributed by atoms with Gasteiger partial charge in [0.25, 0.3) is 5.91 Å². The van der Waals surface area contributed by atoms with Crippen LogP contribution in [0.1, 0.15) is 20.8 Å². The maximum atomic E-state index is 13.2. The molecule has 0 fully saturated rings. The number of anilines is 1. The van der Waals surface area contributed by atoms with Gasteiger partial charge in [0.05, 0.1) is 5.56 Å². The van der Waals surface area contributed by atoms with Gasteiger partial charge in [-0.05, 0) is 24.3 Å². The summed E-state index contributed by atoms with van der Waals surface area (Å²) in [5.74, 6) is -2.71. The number of carbonyl (C=O) groups is 2. The van der Waals surface area contributed by atoms with E-state index in [4.69, 9.17) is 5.11 Å². The summed E-state index contributed by atoms with van der Waals surface area (Å²) in [5.41, 5.74) is 0.00834. The van der Waals surface area contributed by atoms with Crippen molar-refractivity contribution in [3.8, 4) is 0 Å². The van der Waals surface area contributed by atoms with Crippen LogP contribution in [0.4, 0.5) is 10.1 Å². The molecule has 19 heavy (non-hydrogen) atoms. The number of nitrogens with one attached hydrogen (secondary N) is 1. The van der Waals surface area contributed by atoms with Gasteiger partial charge in [0, 0.05) is 18.9 Å². The van der Waals surface area contributed by atoms with Gasteiger partial charge >= 0.3 is 5.97 Å². The molecule has 98 valence electrons. The maximum Gasteiger partial charge on any atom is 0.338 e. The average molecular weight is 263 g/mol. The number of carboxylic acids is 1. The van der Waals surface area contributed by atoms with Crippen molar-refractivity contribution in [2.45, 2.75) is 0 Å². The summed E-state index contributed by atoms with van der Waals surface area (Å²) < 4.78 is 14.6. The van der Waals surface area contributed by atoms with Crippen LogP contribution in [0.25, 0.3) is 0 Å². The van der Waals surface area contributed by atoms with Gasteiger partial charge in [-0.1, -0.05) is 0 Å². The van der Waals surface area contributed by atoms with Gasteiger partial charge in [0.15, 0.2) is 0 Å². The predicted octanol–water partition coefficient (Wildman–Crippen LogP) is 1.51. The molecule has 1 aromatic heterocycles. The van der Waals surface area contributed by atoms with E-state index in [0.717, 1.165) is 12.1 Å². The number of hydrogen-bond acceptors (Lipinski definition) is 3. The van der Waals surface area contributed by atoms with E-state index < -0.39 is 23.3 Å². The summed E-state index contributed by atoms with van der Waals surface area (Å²) in [6.45, 7) is 0. The molecule has 1 heterocycles. The quantitative estimate of drug-likeness (QED) is 0.879. The van der Waals surface area contributed by atoms with Gasteiger partial charge in [0.1, 0.15) is 11.5 Å². The van der Waals surface area contributed by atoms with E-state index in [2.05, 4.69) is 10.4 Å². The molecule has 0 aliphatic carbocycles. The molecule has 0 saturated heterocycles. The van der Waals surface area contributed by atoms with Gasteiger partial charge < -0.3 is 10.4 Å². The first kappa shape index (κ1) is 12.7. The van der Waals surface area contributed by atoms with Gasteiger partial charge in [-0.15, -0.1) is 0 Å². The van der Waals surface area contributed by atoms with Crippen LogP contribution in [0.5, 0.6) is 0 Å². The SMILES string of the molecule is Cn1nccc1C(=O)Nc1ccc(F)c(C(=O)O)c1. The average Bonchev–Trinajstić information content (AvgIpc) is 2.77. The monoisotopic (exact) mass is 263 g/mol. The van der Waals surface area contributed by atoms with E-state index in [1.165, 1.54) is 23.0 Å². The number of rotatable bonds is 3. The van der Waals surface area contributed by atoms with Crippen molar-refractivity contribution in [2.75, 3.05) is 5.32 Å². The highest BCUT2D eigenvalue weighted by atomic mass is 19.1. The predicted molar refractivity (Wildman–Crippen MR) is 64.5 cm³/mol. The number of benzene rings is 1. The molecule has 0 radical (unpaired) electrons. The zero-order valence-electron chi connectivity index (χ0n) is 9.92. The van der Waals surface area contributed by atoms with Crippen LogP contribution in [0.3, 0.4) is 0 Å². The number of aromatic nitrogens is 2. The number of halogens is 1. The molecular formula is C12H10FN3O3. The van der Waals surface area contributed by atoms with Crippen LogP contribution in [0.2, 0.25) is 0 Å². The molecule has 0 bridgehead atoms. The molecule has 0 saturated carbocycles. The maximum absolute atomic E-state index is 13.2. The van der Waals surface area contributed by atoms with E-state index in [9.17, 15) is 14.0 Å². The third-order valence-electron chi connectivity index (χ3n) is 2.51. The van der Waals surface area contributed by atoms with Crippen LogP contribution in [-0.2, 0) is 7.05 Å². The molecule has 6 nitrogen and oxygen atoms in total. The fraction of sp³-hybridized carbons (Fsp3) is 0.0833. The standard InChI is InChI=1S/C12H10FN3O3/c1-16-10(4-5-14-16)11(17)15-7-2-3-9(13)8(6-7)12(18)19/h2-6H,1H3,(H,15,17)(H,18,19). The lowest BCUT2D eigenvalue weighted by atomic mass is 10.2. The van der Waals surface area contributed by atoms with Crippen molar-refractivity contribution in [1.29, 1.82) is 0 Å². The second kappa shape index (κ2) is 4.89. The molecule has 0 unspecified atom stereocenters. The molecule has 0 aliphatic rings. The summed E-state index contributed by atoms with van der Waals surface area (Å²) >= 11 is 0. The van der Waals surface area contributed by atoms with Crippen LogP contribution in [-0.4, -0.2) is 26.8 Å². The Morgan fingerprint density at radius 1 is 1.37 bits per heavy atom. The Balaban J connectivity index is 2.25. The fourth-order valence-corrected chi connectivity index (χ4v) is 1.56. The molecule has 7 heteroatoms. The van der Waals surface area contributed by atoms with Crippen molar-refractivity contribution in [3.05, 3.63) is 47.5 Å². The first-order valence-corrected chi connectivity index (χ1v) is 5.31. The molecule has 2 aromatic rings. The molecule has 2 N–H and O–H groups in total. The highest BCUT2D eigenvalue weighted by Gasteiger charge is 2.14. The summed E-state index contributed by atoms with van der Waals surface area (Å²) in [7, 11) is 1.60. The first-order chi connectivity index (χ1) is 8.99. The van der Waals surface area contributed by atoms with E-state index in [1.807, 2.05) is 0 Å². The number of aromatic carboxylic acids is 1. The molecule has 1 amide bonds. The Morgan fingerprint density at radius 2 is 2.11 bits per heavy atom. The number of nitrogens with zero attached hydrogens (tertiary/aromatic N) is 2. The number of carboxylic acid groups (broad SMARTS) is 1. The summed E-state index contributed by atoms with van der Waals surface area (Å²) in [5, 5.41) is 15.1. The Kier molecular flexibility index (Phi) is 3.28. The fourth-order valence-electron chi connectivity index (χ4n) is 1.56. The number of aryl methyl sites for hydroxylation is 1. The van der Waals surface area contributed by atoms with Crippen molar-refractivity contribution in [1.82, 2.24) is 9.78 Å². The molecule has 0 spiro atoms. The van der Waals surface area contributed by atoms with Gasteiger partial charge in [-0.2, -0.15) is 5.10 Å². The minimum Gasteiger partial charge on any atom is -0.478 e. The highest BCUT2D eigenvalue weighted by Crippen LogP contribution is 2.15. The van der Waals surface area contributed by atoms with Crippen molar-refractivity contribution >= 4 is 17.6 Å². The van der Waals surface area contributed by atoms with Crippen molar-refractivity contribution < 1.29 is 19.1 Å². The van der Waals surface area contributed by atoms with Crippen molar-refractivity contribution in [3.63, 3.8) is 0 Å². The smallest absolute Gasteiger partial charge is 0.338 e. The van der Waals surface area contributed by atoms with Gasteiger partial charge in [-0.25, -0.2) is 9.18 Å².